The lowest BCUT2D eigenvalue weighted by molar-refractivity contribution is -0.121. The Morgan fingerprint density at radius 2 is 1.82 bits per heavy atom. The van der Waals surface area contributed by atoms with Gasteiger partial charge in [0.05, 0.1) is 6.10 Å². The predicted molar refractivity (Wildman–Crippen MR) is 88.7 cm³/mol. The van der Waals surface area contributed by atoms with Gasteiger partial charge in [-0.3, -0.25) is 4.79 Å². The van der Waals surface area contributed by atoms with Gasteiger partial charge in [-0.15, -0.1) is 0 Å². The van der Waals surface area contributed by atoms with Gasteiger partial charge in [-0.25, -0.2) is 0 Å². The summed E-state index contributed by atoms with van der Waals surface area (Å²) in [6.45, 7) is 2.34. The summed E-state index contributed by atoms with van der Waals surface area (Å²) < 4.78 is 0. The number of hydrogen-bond donors (Lipinski definition) is 2. The van der Waals surface area contributed by atoms with Crippen LogP contribution in [0.1, 0.15) is 23.1 Å². The Hall–Kier alpha value is -2.13. The highest BCUT2D eigenvalue weighted by Crippen LogP contribution is 2.06. The first-order chi connectivity index (χ1) is 10.6. The first-order valence-electron chi connectivity index (χ1n) is 7.68. The van der Waals surface area contributed by atoms with Crippen LogP contribution in [0.25, 0.3) is 0 Å². The largest absolute Gasteiger partial charge is 0.391 e. The first-order valence-corrected chi connectivity index (χ1v) is 7.68. The van der Waals surface area contributed by atoms with E-state index in [2.05, 4.69) is 11.4 Å². The molecule has 1 atom stereocenters. The third kappa shape index (κ3) is 5.70. The summed E-state index contributed by atoms with van der Waals surface area (Å²) in [6, 6.07) is 18.0. The van der Waals surface area contributed by atoms with E-state index in [1.807, 2.05) is 55.5 Å². The van der Waals surface area contributed by atoms with Gasteiger partial charge in [-0.1, -0.05) is 60.2 Å². The smallest absolute Gasteiger partial charge is 0.220 e. The number of hydrogen-bond acceptors (Lipinski definition) is 2. The van der Waals surface area contributed by atoms with Crippen molar-refractivity contribution in [1.82, 2.24) is 5.32 Å². The van der Waals surface area contributed by atoms with Gasteiger partial charge in [0, 0.05) is 19.4 Å². The molecule has 0 aliphatic heterocycles. The van der Waals surface area contributed by atoms with Crippen molar-refractivity contribution < 1.29 is 9.90 Å². The van der Waals surface area contributed by atoms with Crippen molar-refractivity contribution in [3.05, 3.63) is 71.3 Å². The fourth-order valence-corrected chi connectivity index (χ4v) is 2.40. The maximum absolute atomic E-state index is 11.8. The van der Waals surface area contributed by atoms with E-state index in [9.17, 15) is 9.90 Å². The van der Waals surface area contributed by atoms with Crippen LogP contribution in [0, 0.1) is 6.92 Å². The average molecular weight is 297 g/mol. The molecular formula is C19H23NO2. The first kappa shape index (κ1) is 16.2. The molecule has 2 rings (SSSR count). The van der Waals surface area contributed by atoms with Crippen LogP contribution in [0.2, 0.25) is 0 Å². The highest BCUT2D eigenvalue weighted by atomic mass is 16.3. The number of aryl methyl sites for hydroxylation is 2. The van der Waals surface area contributed by atoms with Gasteiger partial charge in [-0.05, 0) is 24.5 Å². The second kappa shape index (κ2) is 8.35. The second-order valence-electron chi connectivity index (χ2n) is 5.64. The van der Waals surface area contributed by atoms with Crippen molar-refractivity contribution >= 4 is 5.91 Å². The van der Waals surface area contributed by atoms with E-state index >= 15 is 0 Å². The molecule has 0 heterocycles. The molecule has 0 bridgehead atoms. The van der Waals surface area contributed by atoms with Gasteiger partial charge in [0.2, 0.25) is 5.91 Å². The Morgan fingerprint density at radius 1 is 1.09 bits per heavy atom. The Labute approximate surface area is 132 Å². The summed E-state index contributed by atoms with van der Waals surface area (Å²) in [5.41, 5.74) is 3.44. The predicted octanol–water partition coefficient (Wildman–Crippen LogP) is 2.65. The van der Waals surface area contributed by atoms with Gasteiger partial charge >= 0.3 is 0 Å². The normalized spacial score (nSPS) is 11.9. The molecule has 116 valence electrons. The van der Waals surface area contributed by atoms with E-state index in [-0.39, 0.29) is 5.91 Å². The van der Waals surface area contributed by atoms with Gasteiger partial charge in [0.1, 0.15) is 0 Å². The quantitative estimate of drug-likeness (QED) is 0.825. The minimum Gasteiger partial charge on any atom is -0.391 e. The number of carbonyl (C=O) groups excluding carboxylic acids is 1. The minimum absolute atomic E-state index is 0.0198. The lowest BCUT2D eigenvalue weighted by Crippen LogP contribution is -2.33. The molecule has 0 spiro atoms. The van der Waals surface area contributed by atoms with Crippen molar-refractivity contribution in [2.45, 2.75) is 32.3 Å². The van der Waals surface area contributed by atoms with Gasteiger partial charge in [0.15, 0.2) is 0 Å². The molecule has 1 amide bonds. The van der Waals surface area contributed by atoms with Crippen LogP contribution in [-0.2, 0) is 17.6 Å². The Bertz CT molecular complexity index is 595. The molecule has 0 aliphatic carbocycles. The highest BCUT2D eigenvalue weighted by molar-refractivity contribution is 5.76. The highest BCUT2D eigenvalue weighted by Gasteiger charge is 2.08. The van der Waals surface area contributed by atoms with E-state index in [0.29, 0.717) is 19.4 Å². The fourth-order valence-electron chi connectivity index (χ4n) is 2.40. The Morgan fingerprint density at radius 3 is 2.55 bits per heavy atom. The molecule has 0 saturated carbocycles. The number of benzene rings is 2. The average Bonchev–Trinajstić information content (AvgIpc) is 2.52. The van der Waals surface area contributed by atoms with Crippen LogP contribution in [0.15, 0.2) is 54.6 Å². The van der Waals surface area contributed by atoms with Crippen molar-refractivity contribution in [1.29, 1.82) is 0 Å². The van der Waals surface area contributed by atoms with Crippen LogP contribution in [0.4, 0.5) is 0 Å². The maximum atomic E-state index is 11.8. The lowest BCUT2D eigenvalue weighted by atomic mass is 10.1. The molecule has 2 aromatic rings. The third-order valence-corrected chi connectivity index (χ3v) is 3.57. The molecule has 3 heteroatoms. The Balaban J connectivity index is 1.69. The number of rotatable bonds is 7. The topological polar surface area (TPSA) is 49.3 Å². The molecule has 22 heavy (non-hydrogen) atoms. The third-order valence-electron chi connectivity index (χ3n) is 3.57. The van der Waals surface area contributed by atoms with Crippen LogP contribution < -0.4 is 5.32 Å². The molecule has 0 fully saturated rings. The number of nitrogens with one attached hydrogen (secondary N) is 1. The SMILES string of the molecule is Cc1cccc(CCC(=O)NCC(O)Cc2ccccc2)c1. The zero-order valence-corrected chi connectivity index (χ0v) is 13.0. The van der Waals surface area contributed by atoms with E-state index in [1.165, 1.54) is 11.1 Å². The molecule has 2 aromatic carbocycles. The van der Waals surface area contributed by atoms with E-state index < -0.39 is 6.10 Å². The summed E-state index contributed by atoms with van der Waals surface area (Å²) in [5, 5.41) is 12.8. The Kier molecular flexibility index (Phi) is 6.16. The van der Waals surface area contributed by atoms with Crippen molar-refractivity contribution in [2.24, 2.45) is 0 Å². The van der Waals surface area contributed by atoms with Crippen LogP contribution >= 0.6 is 0 Å². The lowest BCUT2D eigenvalue weighted by Gasteiger charge is -2.12. The summed E-state index contributed by atoms with van der Waals surface area (Å²) in [7, 11) is 0. The summed E-state index contributed by atoms with van der Waals surface area (Å²) in [5.74, 6) is -0.0198. The zero-order valence-electron chi connectivity index (χ0n) is 13.0. The van der Waals surface area contributed by atoms with Crippen LogP contribution in [0.3, 0.4) is 0 Å². The minimum atomic E-state index is -0.551. The van der Waals surface area contributed by atoms with Gasteiger partial charge < -0.3 is 10.4 Å². The summed E-state index contributed by atoms with van der Waals surface area (Å²) >= 11 is 0. The number of aliphatic hydroxyl groups is 1. The van der Waals surface area contributed by atoms with Crippen molar-refractivity contribution in [3.8, 4) is 0 Å². The summed E-state index contributed by atoms with van der Waals surface area (Å²) in [6.07, 6.45) is 1.17. The summed E-state index contributed by atoms with van der Waals surface area (Å²) in [4.78, 5) is 11.8. The maximum Gasteiger partial charge on any atom is 0.220 e. The van der Waals surface area contributed by atoms with E-state index in [4.69, 9.17) is 0 Å². The number of carbonyl (C=O) groups is 1. The molecule has 0 aromatic heterocycles. The molecule has 3 nitrogen and oxygen atoms in total. The van der Waals surface area contributed by atoms with Gasteiger partial charge in [-0.2, -0.15) is 0 Å². The second-order valence-corrected chi connectivity index (χ2v) is 5.64. The molecular weight excluding hydrogens is 274 g/mol. The molecule has 0 aliphatic rings. The van der Waals surface area contributed by atoms with E-state index in [0.717, 1.165) is 12.0 Å². The van der Waals surface area contributed by atoms with Crippen LogP contribution in [-0.4, -0.2) is 23.7 Å². The fraction of sp³-hybridized carbons (Fsp3) is 0.316. The molecule has 0 saturated heterocycles. The van der Waals surface area contributed by atoms with Gasteiger partial charge in [0.25, 0.3) is 0 Å². The molecule has 1 unspecified atom stereocenters. The van der Waals surface area contributed by atoms with Crippen LogP contribution in [0.5, 0.6) is 0 Å². The zero-order chi connectivity index (χ0) is 15.8. The standard InChI is InChI=1S/C19H23NO2/c1-15-6-5-9-17(12-15)10-11-19(22)20-14-18(21)13-16-7-3-2-4-8-16/h2-9,12,18,21H,10-11,13-14H2,1H3,(H,20,22). The van der Waals surface area contributed by atoms with E-state index in [1.54, 1.807) is 0 Å². The van der Waals surface area contributed by atoms with Crippen molar-refractivity contribution in [2.75, 3.05) is 6.54 Å². The van der Waals surface area contributed by atoms with Crippen molar-refractivity contribution in [3.63, 3.8) is 0 Å². The molecule has 0 radical (unpaired) electrons. The number of aliphatic hydroxyl groups excluding tert-OH is 1. The molecule has 2 N–H and O–H groups in total. The monoisotopic (exact) mass is 297 g/mol. The number of amides is 1.